The van der Waals surface area contributed by atoms with Crippen molar-refractivity contribution in [2.45, 2.75) is 19.1 Å². The van der Waals surface area contributed by atoms with Gasteiger partial charge in [-0.1, -0.05) is 29.8 Å². The molecule has 1 aliphatic rings. The molecule has 0 bridgehead atoms. The summed E-state index contributed by atoms with van der Waals surface area (Å²) in [4.78, 5) is 25.3. The molecule has 1 unspecified atom stereocenters. The van der Waals surface area contributed by atoms with Gasteiger partial charge < -0.3 is 9.64 Å². The molecular formula is C16H21NO3S. The number of rotatable bonds is 5. The molecule has 0 saturated carbocycles. The van der Waals surface area contributed by atoms with Crippen molar-refractivity contribution in [3.63, 3.8) is 0 Å². The summed E-state index contributed by atoms with van der Waals surface area (Å²) < 4.78 is 4.73. The van der Waals surface area contributed by atoms with Gasteiger partial charge in [-0.15, -0.1) is 11.8 Å². The molecule has 0 spiro atoms. The van der Waals surface area contributed by atoms with Crippen LogP contribution in [-0.4, -0.2) is 42.7 Å². The number of esters is 1. The van der Waals surface area contributed by atoms with Crippen molar-refractivity contribution in [1.29, 1.82) is 0 Å². The summed E-state index contributed by atoms with van der Waals surface area (Å²) in [6.07, 6.45) is 0.709. The first-order chi connectivity index (χ1) is 10.1. The van der Waals surface area contributed by atoms with Crippen LogP contribution in [0, 0.1) is 12.8 Å². The first-order valence-corrected chi connectivity index (χ1v) is 8.24. The number of methoxy groups -OCH3 is 1. The molecule has 114 valence electrons. The van der Waals surface area contributed by atoms with E-state index in [1.807, 2.05) is 6.07 Å². The van der Waals surface area contributed by atoms with Gasteiger partial charge >= 0.3 is 5.97 Å². The van der Waals surface area contributed by atoms with Gasteiger partial charge in [-0.05, 0) is 18.9 Å². The van der Waals surface area contributed by atoms with E-state index in [4.69, 9.17) is 4.74 Å². The van der Waals surface area contributed by atoms with Gasteiger partial charge in [0.25, 0.3) is 0 Å². The second kappa shape index (κ2) is 7.50. The molecule has 1 saturated heterocycles. The van der Waals surface area contributed by atoms with Crippen LogP contribution in [0.3, 0.4) is 0 Å². The fraction of sp³-hybridized carbons (Fsp3) is 0.500. The normalized spacial score (nSPS) is 17.8. The van der Waals surface area contributed by atoms with Crippen LogP contribution in [0.2, 0.25) is 0 Å². The summed E-state index contributed by atoms with van der Waals surface area (Å²) in [5, 5.41) is 0. The number of hydrogen-bond donors (Lipinski definition) is 0. The minimum absolute atomic E-state index is 0.110. The Kier molecular flexibility index (Phi) is 5.67. The molecule has 1 atom stereocenters. The van der Waals surface area contributed by atoms with Crippen LogP contribution < -0.4 is 0 Å². The predicted octanol–water partition coefficient (Wildman–Crippen LogP) is 2.25. The number of carbonyl (C=O) groups is 2. The summed E-state index contributed by atoms with van der Waals surface area (Å²) in [6.45, 7) is 3.22. The van der Waals surface area contributed by atoms with Gasteiger partial charge in [0.1, 0.15) is 0 Å². The molecule has 0 aliphatic carbocycles. The first kappa shape index (κ1) is 15.9. The highest BCUT2D eigenvalue weighted by Crippen LogP contribution is 2.20. The number of ether oxygens (including phenoxy) is 1. The maximum atomic E-state index is 12.1. The maximum absolute atomic E-state index is 12.1. The molecule has 0 aromatic heterocycles. The second-order valence-corrected chi connectivity index (χ2v) is 6.32. The van der Waals surface area contributed by atoms with Gasteiger partial charge in [-0.2, -0.15) is 0 Å². The van der Waals surface area contributed by atoms with Crippen molar-refractivity contribution in [3.8, 4) is 0 Å². The summed E-state index contributed by atoms with van der Waals surface area (Å²) >= 11 is 1.62. The molecule has 2 rings (SSSR count). The van der Waals surface area contributed by atoms with E-state index in [2.05, 4.69) is 25.1 Å². The van der Waals surface area contributed by atoms with Crippen LogP contribution in [0.5, 0.6) is 0 Å². The van der Waals surface area contributed by atoms with Gasteiger partial charge in [0, 0.05) is 18.8 Å². The molecule has 1 amide bonds. The molecule has 4 nitrogen and oxygen atoms in total. The van der Waals surface area contributed by atoms with E-state index in [1.54, 1.807) is 16.7 Å². The lowest BCUT2D eigenvalue weighted by atomic mass is 10.1. The SMILES string of the molecule is COC(=O)C1CCN(C(=O)CSCc2cccc(C)c2)C1. The molecule has 0 radical (unpaired) electrons. The zero-order valence-corrected chi connectivity index (χ0v) is 13.3. The van der Waals surface area contributed by atoms with Gasteiger partial charge in [0.2, 0.25) is 5.91 Å². The molecule has 1 aromatic carbocycles. The quantitative estimate of drug-likeness (QED) is 0.783. The van der Waals surface area contributed by atoms with Crippen LogP contribution in [0.1, 0.15) is 17.5 Å². The van der Waals surface area contributed by atoms with E-state index in [9.17, 15) is 9.59 Å². The number of hydrogen-bond acceptors (Lipinski definition) is 4. The monoisotopic (exact) mass is 307 g/mol. The Balaban J connectivity index is 1.74. The zero-order valence-electron chi connectivity index (χ0n) is 12.5. The molecule has 1 aromatic rings. The fourth-order valence-corrected chi connectivity index (χ4v) is 3.37. The van der Waals surface area contributed by atoms with Gasteiger partial charge in [0.05, 0.1) is 18.8 Å². The number of thioether (sulfide) groups is 1. The van der Waals surface area contributed by atoms with Crippen LogP contribution in [-0.2, 0) is 20.1 Å². The van der Waals surface area contributed by atoms with E-state index >= 15 is 0 Å². The number of carbonyl (C=O) groups excluding carboxylic acids is 2. The van der Waals surface area contributed by atoms with Gasteiger partial charge in [-0.3, -0.25) is 9.59 Å². The van der Waals surface area contributed by atoms with E-state index in [0.29, 0.717) is 25.3 Å². The Morgan fingerprint density at radius 3 is 2.95 bits per heavy atom. The minimum atomic E-state index is -0.210. The second-order valence-electron chi connectivity index (χ2n) is 5.33. The lowest BCUT2D eigenvalue weighted by molar-refractivity contribution is -0.145. The third kappa shape index (κ3) is 4.49. The van der Waals surface area contributed by atoms with Crippen molar-refractivity contribution in [2.75, 3.05) is 26.0 Å². The molecule has 5 heteroatoms. The average molecular weight is 307 g/mol. The summed E-state index contributed by atoms with van der Waals surface area (Å²) in [5.74, 6) is 1.04. The van der Waals surface area contributed by atoms with Crippen LogP contribution in [0.25, 0.3) is 0 Å². The molecule has 1 heterocycles. The van der Waals surface area contributed by atoms with Crippen molar-refractivity contribution >= 4 is 23.6 Å². The number of amides is 1. The molecule has 1 aliphatic heterocycles. The number of nitrogens with zero attached hydrogens (tertiary/aromatic N) is 1. The Hall–Kier alpha value is -1.49. The Bertz CT molecular complexity index is 518. The Morgan fingerprint density at radius 2 is 2.24 bits per heavy atom. The average Bonchev–Trinajstić information content (AvgIpc) is 2.96. The summed E-state index contributed by atoms with van der Waals surface area (Å²) in [7, 11) is 1.39. The lowest BCUT2D eigenvalue weighted by Crippen LogP contribution is -2.31. The fourth-order valence-electron chi connectivity index (χ4n) is 2.50. The Labute approximate surface area is 129 Å². The predicted molar refractivity (Wildman–Crippen MR) is 84.0 cm³/mol. The number of benzene rings is 1. The minimum Gasteiger partial charge on any atom is -0.469 e. The van der Waals surface area contributed by atoms with Crippen molar-refractivity contribution < 1.29 is 14.3 Å². The van der Waals surface area contributed by atoms with Crippen LogP contribution in [0.4, 0.5) is 0 Å². The summed E-state index contributed by atoms with van der Waals surface area (Å²) in [5.41, 5.74) is 2.47. The highest BCUT2D eigenvalue weighted by atomic mass is 32.2. The van der Waals surface area contributed by atoms with E-state index < -0.39 is 0 Å². The number of likely N-dealkylation sites (tertiary alicyclic amines) is 1. The first-order valence-electron chi connectivity index (χ1n) is 7.09. The zero-order chi connectivity index (χ0) is 15.2. The molecular weight excluding hydrogens is 286 g/mol. The highest BCUT2D eigenvalue weighted by molar-refractivity contribution is 7.99. The molecule has 21 heavy (non-hydrogen) atoms. The van der Waals surface area contributed by atoms with Crippen molar-refractivity contribution in [2.24, 2.45) is 5.92 Å². The smallest absolute Gasteiger partial charge is 0.310 e. The number of aryl methyl sites for hydroxylation is 1. The topological polar surface area (TPSA) is 46.6 Å². The third-order valence-electron chi connectivity index (χ3n) is 3.65. The summed E-state index contributed by atoms with van der Waals surface area (Å²) in [6, 6.07) is 8.32. The van der Waals surface area contributed by atoms with E-state index in [-0.39, 0.29) is 17.8 Å². The van der Waals surface area contributed by atoms with E-state index in [1.165, 1.54) is 18.2 Å². The van der Waals surface area contributed by atoms with E-state index in [0.717, 1.165) is 5.75 Å². The van der Waals surface area contributed by atoms with Crippen LogP contribution >= 0.6 is 11.8 Å². The third-order valence-corrected chi connectivity index (χ3v) is 4.64. The lowest BCUT2D eigenvalue weighted by Gasteiger charge is -2.15. The largest absolute Gasteiger partial charge is 0.469 e. The Morgan fingerprint density at radius 1 is 1.43 bits per heavy atom. The molecule has 1 fully saturated rings. The van der Waals surface area contributed by atoms with Gasteiger partial charge in [-0.25, -0.2) is 0 Å². The van der Waals surface area contributed by atoms with Crippen LogP contribution in [0.15, 0.2) is 24.3 Å². The van der Waals surface area contributed by atoms with Gasteiger partial charge in [0.15, 0.2) is 0 Å². The van der Waals surface area contributed by atoms with Crippen molar-refractivity contribution in [3.05, 3.63) is 35.4 Å². The standard InChI is InChI=1S/C16H21NO3S/c1-12-4-3-5-13(8-12)10-21-11-15(18)17-7-6-14(9-17)16(19)20-2/h3-5,8,14H,6-7,9-11H2,1-2H3. The maximum Gasteiger partial charge on any atom is 0.310 e. The molecule has 0 N–H and O–H groups in total. The highest BCUT2D eigenvalue weighted by Gasteiger charge is 2.31. The van der Waals surface area contributed by atoms with Crippen molar-refractivity contribution in [1.82, 2.24) is 4.90 Å².